The third kappa shape index (κ3) is 3.96. The zero-order chi connectivity index (χ0) is 20.4. The van der Waals surface area contributed by atoms with Crippen LogP contribution >= 0.6 is 0 Å². The van der Waals surface area contributed by atoms with Crippen LogP contribution in [0.2, 0.25) is 0 Å². The predicted octanol–water partition coefficient (Wildman–Crippen LogP) is 2.92. The van der Waals surface area contributed by atoms with Crippen molar-refractivity contribution in [2.75, 3.05) is 34.4 Å². The molecule has 0 bridgehead atoms. The molecular formula is C22H26N2O5. The topological polar surface area (TPSA) is 60.5 Å². The maximum Gasteiger partial charge on any atom is 0.410 e. The Hall–Kier alpha value is -2.93. The molecule has 0 aliphatic carbocycles. The zero-order valence-electron chi connectivity index (χ0n) is 17.0. The number of ether oxygens (including phenoxy) is 4. The first-order chi connectivity index (χ1) is 14.1. The van der Waals surface area contributed by atoms with E-state index in [1.807, 2.05) is 35.2 Å². The predicted molar refractivity (Wildman–Crippen MR) is 107 cm³/mol. The third-order valence-corrected chi connectivity index (χ3v) is 5.57. The van der Waals surface area contributed by atoms with Crippen molar-refractivity contribution in [3.05, 3.63) is 53.6 Å². The molecular weight excluding hydrogens is 372 g/mol. The number of benzene rings is 2. The van der Waals surface area contributed by atoms with Gasteiger partial charge in [-0.25, -0.2) is 4.79 Å². The normalized spacial score (nSPS) is 21.1. The Morgan fingerprint density at radius 1 is 0.897 bits per heavy atom. The lowest BCUT2D eigenvalue weighted by molar-refractivity contribution is 0.119. The van der Waals surface area contributed by atoms with Gasteiger partial charge in [-0.2, -0.15) is 0 Å². The van der Waals surface area contributed by atoms with Gasteiger partial charge in [0, 0.05) is 26.2 Å². The molecule has 2 saturated heterocycles. The summed E-state index contributed by atoms with van der Waals surface area (Å²) in [5.41, 5.74) is 2.19. The van der Waals surface area contributed by atoms with Gasteiger partial charge in [-0.1, -0.05) is 18.2 Å². The molecule has 2 aliphatic rings. The maximum atomic E-state index is 12.4. The summed E-state index contributed by atoms with van der Waals surface area (Å²) >= 11 is 0. The first-order valence-electron chi connectivity index (χ1n) is 9.64. The highest BCUT2D eigenvalue weighted by Gasteiger charge is 2.47. The standard InChI is InChI=1S/C22H26N2O5/c1-26-17-7-4-15(5-8-17)11-23-13-18-21(14-23)29-22(25)24(18)12-16-6-9-19(27-2)20(10-16)28-3/h4-10,18,21H,11-14H2,1-3H3/t18-,21+/m0/s1. The fraction of sp³-hybridized carbons (Fsp3) is 0.409. The lowest BCUT2D eigenvalue weighted by Crippen LogP contribution is -2.37. The van der Waals surface area contributed by atoms with E-state index in [1.165, 1.54) is 5.56 Å². The van der Waals surface area contributed by atoms with Crippen LogP contribution < -0.4 is 14.2 Å². The van der Waals surface area contributed by atoms with E-state index in [9.17, 15) is 4.79 Å². The number of hydrogen-bond acceptors (Lipinski definition) is 6. The van der Waals surface area contributed by atoms with Crippen molar-refractivity contribution < 1.29 is 23.7 Å². The van der Waals surface area contributed by atoms with Gasteiger partial charge in [0.15, 0.2) is 11.5 Å². The van der Waals surface area contributed by atoms with Gasteiger partial charge >= 0.3 is 6.09 Å². The summed E-state index contributed by atoms with van der Waals surface area (Å²) < 4.78 is 21.5. The van der Waals surface area contributed by atoms with Crippen molar-refractivity contribution in [3.8, 4) is 17.2 Å². The first-order valence-corrected chi connectivity index (χ1v) is 9.64. The Bertz CT molecular complexity index is 870. The van der Waals surface area contributed by atoms with Gasteiger partial charge in [-0.15, -0.1) is 0 Å². The summed E-state index contributed by atoms with van der Waals surface area (Å²) in [6.45, 7) is 2.83. The minimum Gasteiger partial charge on any atom is -0.497 e. The number of likely N-dealkylation sites (tertiary alicyclic amines) is 1. The Labute approximate surface area is 170 Å². The molecule has 2 fully saturated rings. The molecule has 2 aromatic rings. The van der Waals surface area contributed by atoms with Crippen LogP contribution in [0.3, 0.4) is 0 Å². The number of nitrogens with zero attached hydrogens (tertiary/aromatic N) is 2. The van der Waals surface area contributed by atoms with Gasteiger partial charge in [-0.3, -0.25) is 9.80 Å². The fourth-order valence-electron chi connectivity index (χ4n) is 4.06. The lowest BCUT2D eigenvalue weighted by Gasteiger charge is -2.23. The van der Waals surface area contributed by atoms with Crippen LogP contribution in [0.15, 0.2) is 42.5 Å². The molecule has 0 N–H and O–H groups in total. The second-order valence-corrected chi connectivity index (χ2v) is 7.35. The maximum absolute atomic E-state index is 12.4. The summed E-state index contributed by atoms with van der Waals surface area (Å²) in [4.78, 5) is 16.6. The van der Waals surface area contributed by atoms with E-state index in [0.717, 1.165) is 30.9 Å². The van der Waals surface area contributed by atoms with Crippen LogP contribution in [0.1, 0.15) is 11.1 Å². The van der Waals surface area contributed by atoms with Gasteiger partial charge in [0.2, 0.25) is 0 Å². The molecule has 2 aromatic carbocycles. The van der Waals surface area contributed by atoms with Crippen LogP contribution in [-0.2, 0) is 17.8 Å². The smallest absolute Gasteiger partial charge is 0.410 e. The van der Waals surface area contributed by atoms with Crippen molar-refractivity contribution in [2.24, 2.45) is 0 Å². The molecule has 2 aliphatic heterocycles. The van der Waals surface area contributed by atoms with Crippen molar-refractivity contribution in [3.63, 3.8) is 0 Å². The molecule has 0 radical (unpaired) electrons. The summed E-state index contributed by atoms with van der Waals surface area (Å²) in [7, 11) is 4.88. The fourth-order valence-corrected chi connectivity index (χ4v) is 4.06. The van der Waals surface area contributed by atoms with Gasteiger partial charge in [0.1, 0.15) is 11.9 Å². The summed E-state index contributed by atoms with van der Waals surface area (Å²) in [6, 6.07) is 13.8. The first kappa shape index (κ1) is 19.4. The lowest BCUT2D eigenvalue weighted by atomic mass is 10.1. The minimum atomic E-state index is -0.251. The molecule has 0 saturated carbocycles. The summed E-state index contributed by atoms with van der Waals surface area (Å²) in [6.07, 6.45) is -0.347. The molecule has 2 atom stereocenters. The zero-order valence-corrected chi connectivity index (χ0v) is 17.0. The molecule has 0 spiro atoms. The van der Waals surface area contributed by atoms with Crippen molar-refractivity contribution >= 4 is 6.09 Å². The van der Waals surface area contributed by atoms with Crippen LogP contribution in [0.5, 0.6) is 17.2 Å². The highest BCUT2D eigenvalue weighted by atomic mass is 16.6. The van der Waals surface area contributed by atoms with Gasteiger partial charge in [0.25, 0.3) is 0 Å². The Balaban J connectivity index is 1.42. The summed E-state index contributed by atoms with van der Waals surface area (Å²) in [5.74, 6) is 2.17. The quantitative estimate of drug-likeness (QED) is 0.715. The number of carbonyl (C=O) groups is 1. The average molecular weight is 398 g/mol. The third-order valence-electron chi connectivity index (χ3n) is 5.57. The van der Waals surface area contributed by atoms with Crippen LogP contribution in [0.25, 0.3) is 0 Å². The van der Waals surface area contributed by atoms with Crippen LogP contribution in [-0.4, -0.2) is 62.5 Å². The van der Waals surface area contributed by atoms with Gasteiger partial charge in [0.05, 0.1) is 27.4 Å². The monoisotopic (exact) mass is 398 g/mol. The number of amides is 1. The molecule has 7 heteroatoms. The van der Waals surface area contributed by atoms with Crippen molar-refractivity contribution in [1.29, 1.82) is 0 Å². The Morgan fingerprint density at radius 2 is 1.62 bits per heavy atom. The van der Waals surface area contributed by atoms with Crippen molar-refractivity contribution in [2.45, 2.75) is 25.2 Å². The Kier molecular flexibility index (Phi) is 5.49. The minimum absolute atomic E-state index is 0.0499. The Morgan fingerprint density at radius 3 is 2.31 bits per heavy atom. The molecule has 7 nitrogen and oxygen atoms in total. The highest BCUT2D eigenvalue weighted by Crippen LogP contribution is 2.32. The number of rotatable bonds is 7. The van der Waals surface area contributed by atoms with Crippen LogP contribution in [0.4, 0.5) is 4.79 Å². The molecule has 2 heterocycles. The van der Waals surface area contributed by atoms with Gasteiger partial charge < -0.3 is 18.9 Å². The second kappa shape index (κ2) is 8.21. The van der Waals surface area contributed by atoms with E-state index < -0.39 is 0 Å². The van der Waals surface area contributed by atoms with E-state index in [2.05, 4.69) is 17.0 Å². The largest absolute Gasteiger partial charge is 0.497 e. The number of carbonyl (C=O) groups excluding carboxylic acids is 1. The van der Waals surface area contributed by atoms with E-state index in [1.54, 1.807) is 21.3 Å². The number of fused-ring (bicyclic) bond motifs is 1. The molecule has 154 valence electrons. The average Bonchev–Trinajstić information content (AvgIpc) is 3.25. The number of methoxy groups -OCH3 is 3. The summed E-state index contributed by atoms with van der Waals surface area (Å²) in [5, 5.41) is 0. The molecule has 0 unspecified atom stereocenters. The van der Waals surface area contributed by atoms with Crippen LogP contribution in [0, 0.1) is 0 Å². The number of hydrogen-bond donors (Lipinski definition) is 0. The van der Waals surface area contributed by atoms with E-state index in [0.29, 0.717) is 18.0 Å². The van der Waals surface area contributed by atoms with Crippen molar-refractivity contribution in [1.82, 2.24) is 9.80 Å². The SMILES string of the molecule is COc1ccc(CN2C[C@H]3OC(=O)N(Cc4ccc(OC)c(OC)c4)[C@H]3C2)cc1. The van der Waals surface area contributed by atoms with E-state index >= 15 is 0 Å². The molecule has 4 rings (SSSR count). The van der Waals surface area contributed by atoms with E-state index in [4.69, 9.17) is 18.9 Å². The van der Waals surface area contributed by atoms with E-state index in [-0.39, 0.29) is 18.2 Å². The molecule has 1 amide bonds. The van der Waals surface area contributed by atoms with Gasteiger partial charge in [-0.05, 0) is 35.4 Å². The highest BCUT2D eigenvalue weighted by molar-refractivity contribution is 5.71. The molecule has 29 heavy (non-hydrogen) atoms. The second-order valence-electron chi connectivity index (χ2n) is 7.35. The molecule has 0 aromatic heterocycles.